The minimum Gasteiger partial charge on any atom is -0.317 e. The summed E-state index contributed by atoms with van der Waals surface area (Å²) in [5.74, 6) is -0.879. The fourth-order valence-electron chi connectivity index (χ4n) is 3.86. The van der Waals surface area contributed by atoms with E-state index < -0.39 is 5.91 Å². The summed E-state index contributed by atoms with van der Waals surface area (Å²) >= 11 is 1.47. The van der Waals surface area contributed by atoms with Crippen molar-refractivity contribution in [1.29, 1.82) is 0 Å². The highest BCUT2D eigenvalue weighted by atomic mass is 32.1. The Hall–Kier alpha value is -4.55. The van der Waals surface area contributed by atoms with E-state index >= 15 is 0 Å². The highest BCUT2D eigenvalue weighted by molar-refractivity contribution is 7.10. The first-order valence-corrected chi connectivity index (χ1v) is 11.9. The predicted molar refractivity (Wildman–Crippen MR) is 143 cm³/mol. The van der Waals surface area contributed by atoms with Crippen LogP contribution < -0.4 is 10.7 Å². The largest absolute Gasteiger partial charge is 0.317 e. The van der Waals surface area contributed by atoms with E-state index in [4.69, 9.17) is 0 Å². The van der Waals surface area contributed by atoms with Crippen LogP contribution in [0.15, 0.2) is 113 Å². The molecule has 0 spiro atoms. The van der Waals surface area contributed by atoms with E-state index in [1.165, 1.54) is 11.3 Å². The molecule has 1 aromatic heterocycles. The highest BCUT2D eigenvalue weighted by Gasteiger charge is 2.15. The molecular formula is C29H21N3O2S. The Balaban J connectivity index is 1.43. The number of hydrazone groups is 1. The number of hydrogen-bond donors (Lipinski definition) is 2. The van der Waals surface area contributed by atoms with Gasteiger partial charge in [0.1, 0.15) is 5.70 Å². The maximum Gasteiger partial charge on any atom is 0.287 e. The van der Waals surface area contributed by atoms with E-state index in [2.05, 4.69) is 34.0 Å². The zero-order valence-corrected chi connectivity index (χ0v) is 19.5. The van der Waals surface area contributed by atoms with Gasteiger partial charge in [0.05, 0.1) is 6.21 Å². The van der Waals surface area contributed by atoms with Crippen molar-refractivity contribution in [2.45, 2.75) is 0 Å². The lowest BCUT2D eigenvalue weighted by atomic mass is 9.97. The number of benzene rings is 4. The third-order valence-corrected chi connectivity index (χ3v) is 6.35. The molecule has 1 heterocycles. The van der Waals surface area contributed by atoms with Gasteiger partial charge < -0.3 is 5.32 Å². The normalized spacial score (nSPS) is 11.7. The summed E-state index contributed by atoms with van der Waals surface area (Å²) < 4.78 is 0. The van der Waals surface area contributed by atoms with Crippen LogP contribution in [0, 0.1) is 0 Å². The number of nitrogens with one attached hydrogen (secondary N) is 2. The standard InChI is InChI=1S/C29H21N3O2S/c33-28(20-9-2-1-3-10-20)31-27(18-23-13-8-16-35-23)29(34)32-30-19-26-24-14-6-4-11-21(24)17-22-12-5-7-15-25(22)26/h1-19H,(H,31,33)(H,32,34)/b27-18+,30-19+. The van der Waals surface area contributed by atoms with Crippen LogP contribution in [0.1, 0.15) is 20.8 Å². The molecule has 0 saturated heterocycles. The Morgan fingerprint density at radius 2 is 1.43 bits per heavy atom. The van der Waals surface area contributed by atoms with E-state index in [1.807, 2.05) is 60.0 Å². The molecule has 0 radical (unpaired) electrons. The Bertz CT molecular complexity index is 1520. The van der Waals surface area contributed by atoms with E-state index in [0.717, 1.165) is 32.0 Å². The molecule has 0 bridgehead atoms. The van der Waals surface area contributed by atoms with Gasteiger partial charge in [0.25, 0.3) is 11.8 Å². The van der Waals surface area contributed by atoms with Crippen molar-refractivity contribution in [1.82, 2.24) is 10.7 Å². The van der Waals surface area contributed by atoms with Crippen LogP contribution in [0.2, 0.25) is 0 Å². The Morgan fingerprint density at radius 3 is 2.09 bits per heavy atom. The number of carbonyl (C=O) groups excluding carboxylic acids is 2. The first-order chi connectivity index (χ1) is 17.2. The summed E-state index contributed by atoms with van der Waals surface area (Å²) in [4.78, 5) is 26.6. The average Bonchev–Trinajstić information content (AvgIpc) is 3.41. The fourth-order valence-corrected chi connectivity index (χ4v) is 4.52. The summed E-state index contributed by atoms with van der Waals surface area (Å²) in [7, 11) is 0. The number of amides is 2. The van der Waals surface area contributed by atoms with E-state index in [1.54, 1.807) is 36.6 Å². The molecule has 0 aliphatic heterocycles. The van der Waals surface area contributed by atoms with Crippen LogP contribution in [-0.4, -0.2) is 18.0 Å². The topological polar surface area (TPSA) is 70.6 Å². The van der Waals surface area contributed by atoms with Crippen molar-refractivity contribution < 1.29 is 9.59 Å². The van der Waals surface area contributed by atoms with Gasteiger partial charge in [-0.05, 0) is 57.3 Å². The summed E-state index contributed by atoms with van der Waals surface area (Å²) in [5.41, 5.74) is 4.07. The Morgan fingerprint density at radius 1 is 0.771 bits per heavy atom. The molecule has 5 nitrogen and oxygen atoms in total. The van der Waals surface area contributed by atoms with E-state index in [0.29, 0.717) is 5.56 Å². The molecule has 0 atom stereocenters. The fraction of sp³-hybridized carbons (Fsp3) is 0. The van der Waals surface area contributed by atoms with Crippen molar-refractivity contribution in [3.63, 3.8) is 0 Å². The van der Waals surface area contributed by atoms with Gasteiger partial charge in [0.2, 0.25) is 0 Å². The molecule has 170 valence electrons. The third-order valence-electron chi connectivity index (χ3n) is 5.53. The van der Waals surface area contributed by atoms with Crippen LogP contribution in [0.3, 0.4) is 0 Å². The molecule has 0 aliphatic carbocycles. The third kappa shape index (κ3) is 5.03. The number of hydrogen-bond acceptors (Lipinski definition) is 4. The number of carbonyl (C=O) groups is 2. The molecule has 35 heavy (non-hydrogen) atoms. The minimum atomic E-state index is -0.511. The molecule has 0 fully saturated rings. The van der Waals surface area contributed by atoms with Crippen LogP contribution in [0.25, 0.3) is 27.6 Å². The maximum atomic E-state index is 13.1. The molecule has 0 saturated carbocycles. The van der Waals surface area contributed by atoms with Gasteiger partial charge in [-0.25, -0.2) is 5.43 Å². The van der Waals surface area contributed by atoms with Gasteiger partial charge in [0.15, 0.2) is 0 Å². The summed E-state index contributed by atoms with van der Waals surface area (Å²) in [6.45, 7) is 0. The number of thiophene rings is 1. The second-order valence-corrected chi connectivity index (χ2v) is 8.80. The molecule has 5 aromatic rings. The van der Waals surface area contributed by atoms with Gasteiger partial charge in [-0.3, -0.25) is 9.59 Å². The SMILES string of the molecule is O=C(N/N=C/c1c2ccccc2cc2ccccc12)/C(=C\c1cccs1)NC(=O)c1ccccc1. The maximum absolute atomic E-state index is 13.1. The lowest BCUT2D eigenvalue weighted by Gasteiger charge is -2.10. The molecule has 4 aromatic carbocycles. The first kappa shape index (κ1) is 22.3. The Labute approximate surface area is 206 Å². The van der Waals surface area contributed by atoms with Crippen molar-refractivity contribution in [2.24, 2.45) is 5.10 Å². The second kappa shape index (κ2) is 10.2. The van der Waals surface area contributed by atoms with Gasteiger partial charge in [0, 0.05) is 16.0 Å². The number of nitrogens with zero attached hydrogens (tertiary/aromatic N) is 1. The van der Waals surface area contributed by atoms with Crippen LogP contribution in [-0.2, 0) is 4.79 Å². The summed E-state index contributed by atoms with van der Waals surface area (Å²) in [6, 6.07) is 30.8. The van der Waals surface area contributed by atoms with Crippen molar-refractivity contribution in [3.8, 4) is 0 Å². The molecular weight excluding hydrogens is 454 g/mol. The summed E-state index contributed by atoms with van der Waals surface area (Å²) in [5, 5.41) is 13.1. The van der Waals surface area contributed by atoms with E-state index in [9.17, 15) is 9.59 Å². The molecule has 0 aliphatic rings. The zero-order chi connectivity index (χ0) is 24.0. The lowest BCUT2D eigenvalue weighted by molar-refractivity contribution is -0.117. The first-order valence-electron chi connectivity index (χ1n) is 11.0. The van der Waals surface area contributed by atoms with E-state index in [-0.39, 0.29) is 11.6 Å². The monoisotopic (exact) mass is 475 g/mol. The molecule has 2 amide bonds. The molecule has 2 N–H and O–H groups in total. The van der Waals surface area contributed by atoms with Crippen LogP contribution in [0.5, 0.6) is 0 Å². The van der Waals surface area contributed by atoms with Gasteiger partial charge >= 0.3 is 0 Å². The smallest absolute Gasteiger partial charge is 0.287 e. The predicted octanol–water partition coefficient (Wildman–Crippen LogP) is 5.98. The Kier molecular flexibility index (Phi) is 6.46. The quantitative estimate of drug-likeness (QED) is 0.137. The second-order valence-electron chi connectivity index (χ2n) is 7.83. The van der Waals surface area contributed by atoms with Crippen LogP contribution >= 0.6 is 11.3 Å². The number of fused-ring (bicyclic) bond motifs is 2. The molecule has 5 rings (SSSR count). The van der Waals surface area contributed by atoms with Gasteiger partial charge in [-0.1, -0.05) is 72.8 Å². The van der Waals surface area contributed by atoms with Crippen molar-refractivity contribution >= 4 is 57.0 Å². The van der Waals surface area contributed by atoms with Gasteiger partial charge in [-0.15, -0.1) is 11.3 Å². The minimum absolute atomic E-state index is 0.112. The van der Waals surface area contributed by atoms with Gasteiger partial charge in [-0.2, -0.15) is 5.10 Å². The average molecular weight is 476 g/mol. The van der Waals surface area contributed by atoms with Crippen molar-refractivity contribution in [2.75, 3.05) is 0 Å². The molecule has 0 unspecified atom stereocenters. The van der Waals surface area contributed by atoms with Crippen LogP contribution in [0.4, 0.5) is 0 Å². The molecule has 6 heteroatoms. The van der Waals surface area contributed by atoms with Crippen molar-refractivity contribution in [3.05, 3.63) is 124 Å². The highest BCUT2D eigenvalue weighted by Crippen LogP contribution is 2.27. The number of rotatable bonds is 6. The zero-order valence-electron chi connectivity index (χ0n) is 18.6. The summed E-state index contributed by atoms with van der Waals surface area (Å²) in [6.07, 6.45) is 3.30. The lowest BCUT2D eigenvalue weighted by Crippen LogP contribution is -2.32.